The van der Waals surface area contributed by atoms with Crippen LogP contribution in [0, 0.1) is 5.82 Å². The zero-order valence-electron chi connectivity index (χ0n) is 16.8. The molecule has 0 aromatic heterocycles. The minimum absolute atomic E-state index is 0.0721. The van der Waals surface area contributed by atoms with Crippen LogP contribution in [0.4, 0.5) is 4.39 Å². The molecule has 31 heavy (non-hydrogen) atoms. The Hall–Kier alpha value is -2.16. The van der Waals surface area contributed by atoms with Crippen LogP contribution >= 0.6 is 23.2 Å². The van der Waals surface area contributed by atoms with Gasteiger partial charge in [-0.2, -0.15) is 0 Å². The third-order valence-electron chi connectivity index (χ3n) is 4.36. The Labute approximate surface area is 191 Å². The third kappa shape index (κ3) is 6.41. The molecule has 0 aliphatic heterocycles. The van der Waals surface area contributed by atoms with E-state index in [0.717, 1.165) is 0 Å². The molecule has 0 aliphatic rings. The highest BCUT2D eigenvalue weighted by Gasteiger charge is 2.23. The van der Waals surface area contributed by atoms with Crippen LogP contribution in [0.25, 0.3) is 0 Å². The highest BCUT2D eigenvalue weighted by Crippen LogP contribution is 2.28. The van der Waals surface area contributed by atoms with Crippen LogP contribution in [0.5, 0.6) is 11.5 Å². The standard InChI is InChI=1S/C22H21Cl2FN2O3S/c1-27(2)14-22(15-6-11-20(23)21(24)12-15)26-31(28,29)19-9-7-17(8-10-19)30-18-5-3-4-16(25)13-18/h3-13,22,26H,14H2,1-2H3/t22-/m0/s1. The number of rotatable bonds is 8. The topological polar surface area (TPSA) is 58.6 Å². The molecule has 1 atom stereocenters. The molecule has 1 N–H and O–H groups in total. The number of ether oxygens (including phenoxy) is 1. The summed E-state index contributed by atoms with van der Waals surface area (Å²) in [5, 5.41) is 0.742. The van der Waals surface area contributed by atoms with Crippen molar-refractivity contribution in [2.75, 3.05) is 20.6 Å². The van der Waals surface area contributed by atoms with Gasteiger partial charge < -0.3 is 9.64 Å². The van der Waals surface area contributed by atoms with E-state index in [0.29, 0.717) is 33.7 Å². The predicted molar refractivity (Wildman–Crippen MR) is 121 cm³/mol. The Morgan fingerprint density at radius 1 is 0.968 bits per heavy atom. The Kier molecular flexibility index (Phi) is 7.56. The summed E-state index contributed by atoms with van der Waals surface area (Å²) in [7, 11) is -0.152. The van der Waals surface area contributed by atoms with Crippen molar-refractivity contribution in [1.82, 2.24) is 9.62 Å². The zero-order valence-corrected chi connectivity index (χ0v) is 19.2. The van der Waals surface area contributed by atoms with Crippen LogP contribution < -0.4 is 9.46 Å². The molecule has 3 rings (SSSR count). The largest absolute Gasteiger partial charge is 0.457 e. The van der Waals surface area contributed by atoms with Crippen LogP contribution in [0.15, 0.2) is 71.6 Å². The van der Waals surface area contributed by atoms with Gasteiger partial charge in [0, 0.05) is 12.6 Å². The second-order valence-electron chi connectivity index (χ2n) is 7.14. The van der Waals surface area contributed by atoms with Crippen molar-refractivity contribution in [3.8, 4) is 11.5 Å². The molecule has 0 saturated carbocycles. The second kappa shape index (κ2) is 9.97. The Bertz CT molecular complexity index is 1160. The highest BCUT2D eigenvalue weighted by atomic mass is 35.5. The lowest BCUT2D eigenvalue weighted by atomic mass is 10.1. The van der Waals surface area contributed by atoms with Crippen molar-refractivity contribution >= 4 is 33.2 Å². The molecular weight excluding hydrogens is 462 g/mol. The number of benzene rings is 3. The van der Waals surface area contributed by atoms with Gasteiger partial charge in [0.15, 0.2) is 0 Å². The van der Waals surface area contributed by atoms with E-state index in [1.54, 1.807) is 24.3 Å². The normalized spacial score (nSPS) is 12.7. The summed E-state index contributed by atoms with van der Waals surface area (Å²) >= 11 is 12.1. The van der Waals surface area contributed by atoms with Gasteiger partial charge in [-0.25, -0.2) is 17.5 Å². The molecule has 3 aromatic rings. The SMILES string of the molecule is CN(C)C[C@H](NS(=O)(=O)c1ccc(Oc2cccc(F)c2)cc1)c1ccc(Cl)c(Cl)c1. The lowest BCUT2D eigenvalue weighted by Crippen LogP contribution is -2.35. The predicted octanol–water partition coefficient (Wildman–Crippen LogP) is 5.51. The van der Waals surface area contributed by atoms with Crippen molar-refractivity contribution in [2.24, 2.45) is 0 Å². The quantitative estimate of drug-likeness (QED) is 0.460. The molecule has 0 heterocycles. The minimum Gasteiger partial charge on any atom is -0.457 e. The molecule has 0 amide bonds. The van der Waals surface area contributed by atoms with Gasteiger partial charge in [0.05, 0.1) is 21.0 Å². The smallest absolute Gasteiger partial charge is 0.241 e. The molecule has 0 bridgehead atoms. The summed E-state index contributed by atoms with van der Waals surface area (Å²) in [5.41, 5.74) is 0.692. The maximum absolute atomic E-state index is 13.3. The fraction of sp³-hybridized carbons (Fsp3) is 0.182. The maximum Gasteiger partial charge on any atom is 0.241 e. The van der Waals surface area contributed by atoms with Crippen LogP contribution in [-0.2, 0) is 10.0 Å². The molecule has 9 heteroatoms. The number of hydrogen-bond acceptors (Lipinski definition) is 4. The molecule has 5 nitrogen and oxygen atoms in total. The molecule has 0 saturated heterocycles. The first-order chi connectivity index (χ1) is 14.6. The number of nitrogens with one attached hydrogen (secondary N) is 1. The number of likely N-dealkylation sites (N-methyl/N-ethyl adjacent to an activating group) is 1. The Morgan fingerprint density at radius 2 is 1.68 bits per heavy atom. The molecule has 0 spiro atoms. The summed E-state index contributed by atoms with van der Waals surface area (Å²) in [5.74, 6) is 0.286. The zero-order chi connectivity index (χ0) is 22.6. The average molecular weight is 483 g/mol. The van der Waals surface area contributed by atoms with Gasteiger partial charge in [-0.3, -0.25) is 0 Å². The number of sulfonamides is 1. The average Bonchev–Trinajstić information content (AvgIpc) is 2.69. The van der Waals surface area contributed by atoms with Gasteiger partial charge in [-0.1, -0.05) is 35.3 Å². The fourth-order valence-corrected chi connectivity index (χ4v) is 4.44. The molecule has 0 fully saturated rings. The fourth-order valence-electron chi connectivity index (χ4n) is 2.91. The lowest BCUT2D eigenvalue weighted by molar-refractivity contribution is 0.363. The molecule has 164 valence electrons. The van der Waals surface area contributed by atoms with Crippen molar-refractivity contribution in [2.45, 2.75) is 10.9 Å². The van der Waals surface area contributed by atoms with Gasteiger partial charge in [0.2, 0.25) is 10.0 Å². The molecule has 0 unspecified atom stereocenters. The van der Waals surface area contributed by atoms with E-state index in [-0.39, 0.29) is 4.90 Å². The highest BCUT2D eigenvalue weighted by molar-refractivity contribution is 7.89. The monoisotopic (exact) mass is 482 g/mol. The summed E-state index contributed by atoms with van der Waals surface area (Å²) in [4.78, 5) is 1.94. The Balaban J connectivity index is 1.80. The minimum atomic E-state index is -3.84. The van der Waals surface area contributed by atoms with Gasteiger partial charge in [0.25, 0.3) is 0 Å². The van der Waals surface area contributed by atoms with Crippen molar-refractivity contribution in [1.29, 1.82) is 0 Å². The first-order valence-corrected chi connectivity index (χ1v) is 11.5. The van der Waals surface area contributed by atoms with E-state index >= 15 is 0 Å². The van der Waals surface area contributed by atoms with Crippen LogP contribution in [0.3, 0.4) is 0 Å². The number of nitrogens with zero attached hydrogens (tertiary/aromatic N) is 1. The van der Waals surface area contributed by atoms with Crippen molar-refractivity contribution in [3.05, 3.63) is 88.2 Å². The summed E-state index contributed by atoms with van der Waals surface area (Å²) < 4.78 is 47.6. The van der Waals surface area contributed by atoms with E-state index in [4.69, 9.17) is 27.9 Å². The van der Waals surface area contributed by atoms with E-state index in [2.05, 4.69) is 4.72 Å². The second-order valence-corrected chi connectivity index (χ2v) is 9.67. The molecular formula is C22H21Cl2FN2O3S. The summed E-state index contributed by atoms with van der Waals surface area (Å²) in [6, 6.07) is 16.1. The van der Waals surface area contributed by atoms with Gasteiger partial charge in [-0.15, -0.1) is 0 Å². The number of halogens is 3. The first kappa shape index (κ1) is 23.5. The Morgan fingerprint density at radius 3 is 2.29 bits per heavy atom. The summed E-state index contributed by atoms with van der Waals surface area (Å²) in [6.07, 6.45) is 0. The van der Waals surface area contributed by atoms with Crippen LogP contribution in [-0.4, -0.2) is 34.0 Å². The molecule has 3 aromatic carbocycles. The van der Waals surface area contributed by atoms with Gasteiger partial charge in [0.1, 0.15) is 17.3 Å². The molecule has 0 radical (unpaired) electrons. The van der Waals surface area contributed by atoms with E-state index in [9.17, 15) is 12.8 Å². The van der Waals surface area contributed by atoms with Crippen LogP contribution in [0.2, 0.25) is 10.0 Å². The third-order valence-corrected chi connectivity index (χ3v) is 6.58. The van der Waals surface area contributed by atoms with Crippen molar-refractivity contribution in [3.63, 3.8) is 0 Å². The lowest BCUT2D eigenvalue weighted by Gasteiger charge is -2.23. The van der Waals surface area contributed by atoms with Crippen molar-refractivity contribution < 1.29 is 17.5 Å². The van der Waals surface area contributed by atoms with E-state index in [1.165, 1.54) is 42.5 Å². The molecule has 0 aliphatic carbocycles. The van der Waals surface area contributed by atoms with Gasteiger partial charge >= 0.3 is 0 Å². The first-order valence-electron chi connectivity index (χ1n) is 9.29. The van der Waals surface area contributed by atoms with Gasteiger partial charge in [-0.05, 0) is 68.2 Å². The maximum atomic E-state index is 13.3. The number of hydrogen-bond donors (Lipinski definition) is 1. The van der Waals surface area contributed by atoms with E-state index < -0.39 is 21.9 Å². The van der Waals surface area contributed by atoms with Crippen LogP contribution in [0.1, 0.15) is 11.6 Å². The summed E-state index contributed by atoms with van der Waals surface area (Å²) in [6.45, 7) is 0.415. The van der Waals surface area contributed by atoms with E-state index in [1.807, 2.05) is 19.0 Å².